The van der Waals surface area contributed by atoms with Crippen LogP contribution < -0.4 is 5.56 Å². The van der Waals surface area contributed by atoms with Crippen LogP contribution in [-0.4, -0.2) is 29.5 Å². The van der Waals surface area contributed by atoms with Crippen LogP contribution in [0, 0.1) is 13.8 Å². The van der Waals surface area contributed by atoms with E-state index in [1.807, 2.05) is 54.8 Å². The number of hydrogen-bond donors (Lipinski definition) is 1. The SMILES string of the molecule is Cc1nc(SCc2nc3cccc(C)c3c(=O)n2CCc2ccccc2)c2[nH]cnc2n1. The molecular weight excluding hydrogens is 420 g/mol. The maximum atomic E-state index is 13.5. The number of aryl methyl sites for hydroxylation is 3. The Balaban J connectivity index is 1.54. The average Bonchev–Trinajstić information content (AvgIpc) is 3.26. The maximum absolute atomic E-state index is 13.5. The molecule has 0 unspecified atom stereocenters. The van der Waals surface area contributed by atoms with Gasteiger partial charge in [0.2, 0.25) is 0 Å². The average molecular weight is 443 g/mol. The van der Waals surface area contributed by atoms with Gasteiger partial charge in [-0.25, -0.2) is 19.9 Å². The summed E-state index contributed by atoms with van der Waals surface area (Å²) in [6, 6.07) is 16.0. The minimum absolute atomic E-state index is 0.00480. The molecule has 0 aliphatic carbocycles. The van der Waals surface area contributed by atoms with E-state index in [0.717, 1.165) is 33.9 Å². The Morgan fingerprint density at radius 1 is 1.00 bits per heavy atom. The Bertz CT molecular complexity index is 1480. The minimum atomic E-state index is 0.00480. The van der Waals surface area contributed by atoms with Gasteiger partial charge in [0.15, 0.2) is 5.65 Å². The standard InChI is InChI=1S/C24H22N6OS/c1-15-7-6-10-18-20(15)24(31)30(12-11-17-8-4-3-5-9-17)19(29-18)13-32-23-21-22(26-14-25-21)27-16(2)28-23/h3-10,14H,11-13H2,1-2H3,(H,25,26,27,28). The summed E-state index contributed by atoms with van der Waals surface area (Å²) in [6.45, 7) is 4.38. The van der Waals surface area contributed by atoms with Crippen molar-refractivity contribution in [2.75, 3.05) is 0 Å². The Morgan fingerprint density at radius 3 is 2.69 bits per heavy atom. The zero-order valence-electron chi connectivity index (χ0n) is 17.9. The molecule has 5 rings (SSSR count). The van der Waals surface area contributed by atoms with E-state index >= 15 is 0 Å². The summed E-state index contributed by atoms with van der Waals surface area (Å²) < 4.78 is 1.81. The molecule has 160 valence electrons. The van der Waals surface area contributed by atoms with Gasteiger partial charge in [0, 0.05) is 6.54 Å². The summed E-state index contributed by atoms with van der Waals surface area (Å²) >= 11 is 1.53. The zero-order valence-corrected chi connectivity index (χ0v) is 18.7. The first-order chi connectivity index (χ1) is 15.6. The highest BCUT2D eigenvalue weighted by molar-refractivity contribution is 7.98. The third-order valence-electron chi connectivity index (χ3n) is 5.44. The van der Waals surface area contributed by atoms with Crippen LogP contribution in [0.5, 0.6) is 0 Å². The van der Waals surface area contributed by atoms with Gasteiger partial charge in [0.25, 0.3) is 5.56 Å². The van der Waals surface area contributed by atoms with Gasteiger partial charge in [0.05, 0.1) is 23.0 Å². The fourth-order valence-electron chi connectivity index (χ4n) is 3.85. The fraction of sp³-hybridized carbons (Fsp3) is 0.208. The lowest BCUT2D eigenvalue weighted by molar-refractivity contribution is 0.634. The van der Waals surface area contributed by atoms with Gasteiger partial charge in [-0.3, -0.25) is 9.36 Å². The molecule has 3 aromatic heterocycles. The van der Waals surface area contributed by atoms with Gasteiger partial charge in [-0.2, -0.15) is 0 Å². The number of imidazole rings is 1. The second-order valence-electron chi connectivity index (χ2n) is 7.66. The number of hydrogen-bond acceptors (Lipinski definition) is 6. The molecule has 1 N–H and O–H groups in total. The Morgan fingerprint density at radius 2 is 1.84 bits per heavy atom. The molecule has 32 heavy (non-hydrogen) atoms. The molecule has 0 saturated carbocycles. The molecule has 0 atom stereocenters. The van der Waals surface area contributed by atoms with Crippen LogP contribution in [0.1, 0.15) is 22.8 Å². The van der Waals surface area contributed by atoms with Crippen molar-refractivity contribution in [3.8, 4) is 0 Å². The third-order valence-corrected chi connectivity index (χ3v) is 6.41. The summed E-state index contributed by atoms with van der Waals surface area (Å²) in [5.74, 6) is 1.91. The third kappa shape index (κ3) is 3.89. The van der Waals surface area contributed by atoms with Crippen molar-refractivity contribution in [3.05, 3.63) is 88.0 Å². The molecule has 2 aromatic carbocycles. The van der Waals surface area contributed by atoms with E-state index in [1.165, 1.54) is 17.3 Å². The number of H-pyrrole nitrogens is 1. The summed E-state index contributed by atoms with van der Waals surface area (Å²) in [7, 11) is 0. The van der Waals surface area contributed by atoms with Gasteiger partial charge in [-0.1, -0.05) is 54.2 Å². The molecule has 0 aliphatic rings. The lowest BCUT2D eigenvalue weighted by Gasteiger charge is -2.14. The number of rotatable bonds is 6. The lowest BCUT2D eigenvalue weighted by Crippen LogP contribution is -2.26. The molecule has 0 amide bonds. The summed E-state index contributed by atoms with van der Waals surface area (Å²) in [4.78, 5) is 34.7. The number of aromatic amines is 1. The highest BCUT2D eigenvalue weighted by Gasteiger charge is 2.15. The van der Waals surface area contributed by atoms with Crippen LogP contribution >= 0.6 is 11.8 Å². The molecule has 0 saturated heterocycles. The minimum Gasteiger partial charge on any atom is -0.341 e. The quantitative estimate of drug-likeness (QED) is 0.313. The second-order valence-corrected chi connectivity index (χ2v) is 8.62. The molecule has 0 radical (unpaired) electrons. The molecule has 8 heteroatoms. The van der Waals surface area contributed by atoms with E-state index < -0.39 is 0 Å². The first-order valence-corrected chi connectivity index (χ1v) is 11.4. The van der Waals surface area contributed by atoms with Crippen molar-refractivity contribution >= 4 is 33.8 Å². The predicted molar refractivity (Wildman–Crippen MR) is 127 cm³/mol. The van der Waals surface area contributed by atoms with Crippen LogP contribution in [0.3, 0.4) is 0 Å². The number of nitrogens with one attached hydrogen (secondary N) is 1. The number of thioether (sulfide) groups is 1. The molecule has 0 spiro atoms. The smallest absolute Gasteiger partial charge is 0.261 e. The lowest BCUT2D eigenvalue weighted by atomic mass is 10.1. The van der Waals surface area contributed by atoms with Crippen molar-refractivity contribution in [3.63, 3.8) is 0 Å². The summed E-state index contributed by atoms with van der Waals surface area (Å²) in [5.41, 5.74) is 4.31. The van der Waals surface area contributed by atoms with Crippen LogP contribution in [0.15, 0.2) is 64.7 Å². The summed E-state index contributed by atoms with van der Waals surface area (Å²) in [5, 5.41) is 1.49. The summed E-state index contributed by atoms with van der Waals surface area (Å²) in [6.07, 6.45) is 2.38. The molecule has 5 aromatic rings. The Hall–Kier alpha value is -3.52. The van der Waals surface area contributed by atoms with Gasteiger partial charge < -0.3 is 4.98 Å². The number of fused-ring (bicyclic) bond motifs is 2. The van der Waals surface area contributed by atoms with E-state index in [4.69, 9.17) is 4.98 Å². The van der Waals surface area contributed by atoms with E-state index in [1.54, 1.807) is 6.33 Å². The van der Waals surface area contributed by atoms with Gasteiger partial charge >= 0.3 is 0 Å². The molecule has 0 fully saturated rings. The van der Waals surface area contributed by atoms with Crippen molar-refractivity contribution in [2.45, 2.75) is 37.6 Å². The molecule has 0 aliphatic heterocycles. The van der Waals surface area contributed by atoms with Crippen molar-refractivity contribution in [1.82, 2.24) is 29.5 Å². The Labute approximate surface area is 189 Å². The van der Waals surface area contributed by atoms with Crippen molar-refractivity contribution in [1.29, 1.82) is 0 Å². The van der Waals surface area contributed by atoms with E-state index in [0.29, 0.717) is 29.2 Å². The first-order valence-electron chi connectivity index (χ1n) is 10.4. The van der Waals surface area contributed by atoms with Gasteiger partial charge in [0.1, 0.15) is 22.2 Å². The first kappa shape index (κ1) is 20.4. The van der Waals surface area contributed by atoms with Crippen LogP contribution in [0.4, 0.5) is 0 Å². The zero-order chi connectivity index (χ0) is 22.1. The second kappa shape index (κ2) is 8.55. The molecule has 3 heterocycles. The van der Waals surface area contributed by atoms with Crippen LogP contribution in [0.25, 0.3) is 22.1 Å². The molecular formula is C24H22N6OS. The van der Waals surface area contributed by atoms with E-state index in [-0.39, 0.29) is 5.56 Å². The normalized spacial score (nSPS) is 11.4. The van der Waals surface area contributed by atoms with E-state index in [2.05, 4.69) is 32.1 Å². The highest BCUT2D eigenvalue weighted by atomic mass is 32.2. The predicted octanol–water partition coefficient (Wildman–Crippen LogP) is 4.21. The fourth-order valence-corrected chi connectivity index (χ4v) is 4.83. The number of nitrogens with zero attached hydrogens (tertiary/aromatic N) is 5. The maximum Gasteiger partial charge on any atom is 0.261 e. The largest absolute Gasteiger partial charge is 0.341 e. The van der Waals surface area contributed by atoms with E-state index in [9.17, 15) is 4.79 Å². The van der Waals surface area contributed by atoms with Crippen molar-refractivity contribution in [2.24, 2.45) is 0 Å². The Kier molecular flexibility index (Phi) is 5.45. The van der Waals surface area contributed by atoms with Gasteiger partial charge in [-0.15, -0.1) is 0 Å². The number of aromatic nitrogens is 6. The topological polar surface area (TPSA) is 89.4 Å². The molecule has 0 bridgehead atoms. The molecule has 7 nitrogen and oxygen atoms in total. The highest BCUT2D eigenvalue weighted by Crippen LogP contribution is 2.26. The van der Waals surface area contributed by atoms with Gasteiger partial charge in [-0.05, 0) is 37.5 Å². The van der Waals surface area contributed by atoms with Crippen LogP contribution in [0.2, 0.25) is 0 Å². The number of benzene rings is 2. The van der Waals surface area contributed by atoms with Crippen LogP contribution in [-0.2, 0) is 18.7 Å². The monoisotopic (exact) mass is 442 g/mol. The van der Waals surface area contributed by atoms with Crippen molar-refractivity contribution < 1.29 is 0 Å².